The number of nitrogens with one attached hydrogen (secondary N) is 1. The molecule has 1 heterocycles. The lowest BCUT2D eigenvalue weighted by Crippen LogP contribution is -2.40. The number of ether oxygens (including phenoxy) is 1. The van der Waals surface area contributed by atoms with Crippen LogP contribution >= 0.6 is 23.4 Å². The molecule has 0 saturated heterocycles. The number of benzene rings is 1. The molecule has 1 saturated carbocycles. The zero-order valence-corrected chi connectivity index (χ0v) is 13.5. The summed E-state index contributed by atoms with van der Waals surface area (Å²) in [6, 6.07) is 6.59. The van der Waals surface area contributed by atoms with Crippen LogP contribution in [-0.4, -0.2) is 29.7 Å². The number of fused-ring (bicyclic) bond motifs is 1. The van der Waals surface area contributed by atoms with Crippen molar-refractivity contribution in [1.29, 1.82) is 0 Å². The van der Waals surface area contributed by atoms with Gasteiger partial charge >= 0.3 is 0 Å². The Kier molecular flexibility index (Phi) is 4.79. The van der Waals surface area contributed by atoms with Crippen molar-refractivity contribution in [2.45, 2.75) is 50.0 Å². The van der Waals surface area contributed by atoms with Crippen molar-refractivity contribution in [1.82, 2.24) is 5.32 Å². The molecular formula is C16H22ClNOS. The topological polar surface area (TPSA) is 21.3 Å². The smallest absolute Gasteiger partial charge is 0.123 e. The van der Waals surface area contributed by atoms with Crippen LogP contribution in [0.4, 0.5) is 0 Å². The summed E-state index contributed by atoms with van der Waals surface area (Å²) in [5.41, 5.74) is 1.25. The Morgan fingerprint density at radius 3 is 3.15 bits per heavy atom. The fourth-order valence-electron chi connectivity index (χ4n) is 3.26. The number of hydrogen-bond donors (Lipinski definition) is 1. The molecule has 1 aromatic carbocycles. The highest BCUT2D eigenvalue weighted by molar-refractivity contribution is 7.99. The van der Waals surface area contributed by atoms with Crippen LogP contribution in [0.1, 0.15) is 31.7 Å². The predicted molar refractivity (Wildman–Crippen MR) is 87.1 cm³/mol. The molecule has 0 amide bonds. The van der Waals surface area contributed by atoms with Crippen LogP contribution < -0.4 is 10.1 Å². The van der Waals surface area contributed by atoms with Crippen LogP contribution in [0.25, 0.3) is 0 Å². The molecule has 2 aliphatic rings. The minimum Gasteiger partial charge on any atom is -0.488 e. The molecule has 1 N–H and O–H groups in total. The van der Waals surface area contributed by atoms with Crippen molar-refractivity contribution in [2.24, 2.45) is 0 Å². The van der Waals surface area contributed by atoms with E-state index in [9.17, 15) is 0 Å². The van der Waals surface area contributed by atoms with Crippen molar-refractivity contribution in [3.63, 3.8) is 0 Å². The van der Waals surface area contributed by atoms with Gasteiger partial charge in [0, 0.05) is 29.3 Å². The van der Waals surface area contributed by atoms with Gasteiger partial charge in [0.25, 0.3) is 0 Å². The van der Waals surface area contributed by atoms with E-state index in [0.29, 0.717) is 6.04 Å². The van der Waals surface area contributed by atoms with Crippen molar-refractivity contribution in [3.8, 4) is 5.75 Å². The third-order valence-corrected chi connectivity index (χ3v) is 5.77. The first kappa shape index (κ1) is 14.6. The summed E-state index contributed by atoms with van der Waals surface area (Å²) in [6.07, 6.45) is 5.26. The van der Waals surface area contributed by atoms with E-state index in [4.69, 9.17) is 16.3 Å². The molecule has 0 spiro atoms. The molecule has 3 atom stereocenters. The fourth-order valence-corrected chi connectivity index (χ4v) is 4.68. The third kappa shape index (κ3) is 3.26. The maximum absolute atomic E-state index is 6.03. The van der Waals surface area contributed by atoms with Gasteiger partial charge in [-0.1, -0.05) is 24.9 Å². The lowest BCUT2D eigenvalue weighted by atomic mass is 10.1. The average Bonchev–Trinajstić information content (AvgIpc) is 3.02. The standard InChI is InChI=1S/C16H22ClNOS/c1-2-20-16-5-3-4-14(16)18-10-13-9-11-8-12(17)6-7-15(11)19-13/h6-8,13-14,16,18H,2-5,9-10H2,1H3. The van der Waals surface area contributed by atoms with Gasteiger partial charge in [0.15, 0.2) is 0 Å². The molecule has 3 rings (SSSR count). The fraction of sp³-hybridized carbons (Fsp3) is 0.625. The van der Waals surface area contributed by atoms with Crippen LogP contribution in [0.5, 0.6) is 5.75 Å². The van der Waals surface area contributed by atoms with Crippen LogP contribution in [0, 0.1) is 0 Å². The molecule has 1 aliphatic carbocycles. The minimum atomic E-state index is 0.261. The van der Waals surface area contributed by atoms with Crippen LogP contribution in [0.15, 0.2) is 18.2 Å². The Labute approximate surface area is 130 Å². The monoisotopic (exact) mass is 311 g/mol. The van der Waals surface area contributed by atoms with Gasteiger partial charge in [0.2, 0.25) is 0 Å². The Balaban J connectivity index is 1.51. The van der Waals surface area contributed by atoms with Gasteiger partial charge in [-0.3, -0.25) is 0 Å². The van der Waals surface area contributed by atoms with E-state index in [-0.39, 0.29) is 6.10 Å². The minimum absolute atomic E-state index is 0.261. The van der Waals surface area contributed by atoms with Crippen LogP contribution in [-0.2, 0) is 6.42 Å². The van der Waals surface area contributed by atoms with Crippen LogP contribution in [0.3, 0.4) is 0 Å². The van der Waals surface area contributed by atoms with Gasteiger partial charge in [0.05, 0.1) is 0 Å². The van der Waals surface area contributed by atoms with E-state index in [2.05, 4.69) is 24.0 Å². The Morgan fingerprint density at radius 2 is 2.30 bits per heavy atom. The highest BCUT2D eigenvalue weighted by Gasteiger charge is 2.29. The van der Waals surface area contributed by atoms with Crippen molar-refractivity contribution >= 4 is 23.4 Å². The number of hydrogen-bond acceptors (Lipinski definition) is 3. The van der Waals surface area contributed by atoms with Crippen molar-refractivity contribution in [2.75, 3.05) is 12.3 Å². The van der Waals surface area contributed by atoms with Gasteiger partial charge < -0.3 is 10.1 Å². The summed E-state index contributed by atoms with van der Waals surface area (Å²) < 4.78 is 5.99. The average molecular weight is 312 g/mol. The maximum atomic E-state index is 6.03. The molecule has 3 unspecified atom stereocenters. The quantitative estimate of drug-likeness (QED) is 0.891. The first-order chi connectivity index (χ1) is 9.76. The van der Waals surface area contributed by atoms with Gasteiger partial charge in [-0.25, -0.2) is 0 Å². The second kappa shape index (κ2) is 6.59. The predicted octanol–water partition coefficient (Wildman–Crippen LogP) is 3.91. The van der Waals surface area contributed by atoms with Gasteiger partial charge in [-0.05, 0) is 42.4 Å². The Hall–Kier alpha value is -0.380. The summed E-state index contributed by atoms with van der Waals surface area (Å²) in [4.78, 5) is 0. The van der Waals surface area contributed by atoms with E-state index in [1.807, 2.05) is 18.2 Å². The summed E-state index contributed by atoms with van der Waals surface area (Å²) in [7, 11) is 0. The molecular weight excluding hydrogens is 290 g/mol. The molecule has 4 heteroatoms. The van der Waals surface area contributed by atoms with Crippen molar-refractivity contribution < 1.29 is 4.74 Å². The molecule has 20 heavy (non-hydrogen) atoms. The highest BCUT2D eigenvalue weighted by atomic mass is 35.5. The molecule has 1 aromatic rings. The molecule has 1 fully saturated rings. The maximum Gasteiger partial charge on any atom is 0.123 e. The van der Waals surface area contributed by atoms with E-state index >= 15 is 0 Å². The summed E-state index contributed by atoms with van der Waals surface area (Å²) >= 11 is 8.13. The number of rotatable bonds is 5. The molecule has 110 valence electrons. The second-order valence-electron chi connectivity index (χ2n) is 5.64. The van der Waals surface area contributed by atoms with Crippen molar-refractivity contribution in [3.05, 3.63) is 28.8 Å². The Bertz CT molecular complexity index is 468. The molecule has 1 aliphatic heterocycles. The first-order valence-electron chi connectivity index (χ1n) is 7.56. The zero-order chi connectivity index (χ0) is 13.9. The summed E-state index contributed by atoms with van der Waals surface area (Å²) in [5.74, 6) is 2.22. The third-order valence-electron chi connectivity index (χ3n) is 4.20. The SMILES string of the molecule is CCSC1CCCC1NCC1Cc2cc(Cl)ccc2O1. The largest absolute Gasteiger partial charge is 0.488 e. The van der Waals surface area contributed by atoms with Gasteiger partial charge in [0.1, 0.15) is 11.9 Å². The lowest BCUT2D eigenvalue weighted by Gasteiger charge is -2.22. The highest BCUT2D eigenvalue weighted by Crippen LogP contribution is 2.32. The number of thioether (sulfide) groups is 1. The van der Waals surface area contributed by atoms with Gasteiger partial charge in [-0.15, -0.1) is 0 Å². The lowest BCUT2D eigenvalue weighted by molar-refractivity contribution is 0.222. The summed E-state index contributed by atoms with van der Waals surface area (Å²) in [5, 5.41) is 5.32. The van der Waals surface area contributed by atoms with Crippen LogP contribution in [0.2, 0.25) is 5.02 Å². The molecule has 0 aromatic heterocycles. The second-order valence-corrected chi connectivity index (χ2v) is 7.59. The molecule has 0 radical (unpaired) electrons. The van der Waals surface area contributed by atoms with Gasteiger partial charge in [-0.2, -0.15) is 11.8 Å². The normalized spacial score (nSPS) is 28.4. The molecule has 2 nitrogen and oxygen atoms in total. The van der Waals surface area contributed by atoms with E-state index < -0.39 is 0 Å². The van der Waals surface area contributed by atoms with E-state index in [1.165, 1.54) is 30.6 Å². The van der Waals surface area contributed by atoms with E-state index in [0.717, 1.165) is 29.0 Å². The summed E-state index contributed by atoms with van der Waals surface area (Å²) in [6.45, 7) is 3.19. The van der Waals surface area contributed by atoms with E-state index in [1.54, 1.807) is 0 Å². The first-order valence-corrected chi connectivity index (χ1v) is 8.99. The number of halogens is 1. The Morgan fingerprint density at radius 1 is 1.40 bits per heavy atom. The zero-order valence-electron chi connectivity index (χ0n) is 11.9. The molecule has 0 bridgehead atoms.